The van der Waals surface area contributed by atoms with E-state index in [1.165, 1.54) is 14.2 Å². The van der Waals surface area contributed by atoms with Gasteiger partial charge in [0.15, 0.2) is 11.4 Å². The second-order valence-electron chi connectivity index (χ2n) is 4.90. The number of rotatable bonds is 8. The van der Waals surface area contributed by atoms with Crippen LogP contribution >= 0.6 is 0 Å². The van der Waals surface area contributed by atoms with Crippen molar-refractivity contribution in [3.05, 3.63) is 29.5 Å². The molecule has 0 bridgehead atoms. The second-order valence-corrected chi connectivity index (χ2v) is 4.90. The van der Waals surface area contributed by atoms with Crippen molar-refractivity contribution >= 4 is 17.6 Å². The molecule has 0 aliphatic carbocycles. The van der Waals surface area contributed by atoms with E-state index in [-0.39, 0.29) is 25.4 Å². The van der Waals surface area contributed by atoms with Crippen LogP contribution in [0.4, 0.5) is 5.69 Å². The van der Waals surface area contributed by atoms with E-state index in [9.17, 15) is 14.8 Å². The molecule has 6 nitrogen and oxygen atoms in total. The lowest BCUT2D eigenvalue weighted by Crippen LogP contribution is -2.48. The smallest absolute Gasteiger partial charge is 0.318 e. The summed E-state index contributed by atoms with van der Waals surface area (Å²) < 4.78 is 8.67. The maximum atomic E-state index is 13.0. The van der Waals surface area contributed by atoms with Gasteiger partial charge in [0.2, 0.25) is 0 Å². The Morgan fingerprint density at radius 3 is 2.36 bits per heavy atom. The number of quaternary nitrogens is 1. The largest absolute Gasteiger partial charge is 0.620 e. The Kier molecular flexibility index (Phi) is 7.01. The maximum Gasteiger partial charge on any atom is 0.318 e. The zero-order valence-corrected chi connectivity index (χ0v) is 13.3. The third kappa shape index (κ3) is 4.29. The summed E-state index contributed by atoms with van der Waals surface area (Å²) in [6, 6.07) is 6.74. The fourth-order valence-corrected chi connectivity index (χ4v) is 2.24. The van der Waals surface area contributed by atoms with Crippen molar-refractivity contribution in [2.24, 2.45) is 0 Å². The van der Waals surface area contributed by atoms with E-state index in [1.54, 1.807) is 31.2 Å². The highest BCUT2D eigenvalue weighted by molar-refractivity contribution is 5.90. The van der Waals surface area contributed by atoms with Gasteiger partial charge in [0, 0.05) is 12.5 Å². The first kappa shape index (κ1) is 18.1. The summed E-state index contributed by atoms with van der Waals surface area (Å²) in [5.74, 6) is -0.338. The average molecular weight is 309 g/mol. The molecule has 1 atom stereocenters. The Morgan fingerprint density at radius 2 is 1.77 bits per heavy atom. The van der Waals surface area contributed by atoms with Crippen LogP contribution in [0, 0.1) is 5.21 Å². The van der Waals surface area contributed by atoms with E-state index in [0.29, 0.717) is 24.3 Å². The van der Waals surface area contributed by atoms with Crippen LogP contribution in [0.5, 0.6) is 5.75 Å². The fourth-order valence-electron chi connectivity index (χ4n) is 2.24. The summed E-state index contributed by atoms with van der Waals surface area (Å²) in [4.78, 5) is 23.4. The molecule has 22 heavy (non-hydrogen) atoms. The van der Waals surface area contributed by atoms with Crippen molar-refractivity contribution in [3.8, 4) is 5.75 Å². The first-order valence-corrected chi connectivity index (χ1v) is 7.32. The lowest BCUT2D eigenvalue weighted by atomic mass is 10.1. The van der Waals surface area contributed by atoms with E-state index >= 15 is 0 Å². The molecule has 6 heteroatoms. The van der Waals surface area contributed by atoms with E-state index in [2.05, 4.69) is 4.74 Å². The number of hydrogen-bond donors (Lipinski definition) is 0. The molecule has 0 aromatic heterocycles. The number of unbranched alkanes of at least 4 members (excludes halogenated alkanes) is 1. The predicted molar refractivity (Wildman–Crippen MR) is 84.2 cm³/mol. The quantitative estimate of drug-likeness (QED) is 0.319. The van der Waals surface area contributed by atoms with Crippen LogP contribution in [0.15, 0.2) is 24.3 Å². The van der Waals surface area contributed by atoms with Gasteiger partial charge in [-0.25, -0.2) is 4.79 Å². The third-order valence-electron chi connectivity index (χ3n) is 3.57. The molecule has 1 amide bonds. The van der Waals surface area contributed by atoms with Gasteiger partial charge in [-0.3, -0.25) is 9.44 Å². The van der Waals surface area contributed by atoms with Crippen LogP contribution in [-0.2, 0) is 14.3 Å². The van der Waals surface area contributed by atoms with Crippen LogP contribution in [0.2, 0.25) is 0 Å². The normalized spacial score (nSPS) is 13.3. The minimum absolute atomic E-state index is 0.0935. The van der Waals surface area contributed by atoms with Crippen molar-refractivity contribution in [1.29, 1.82) is 0 Å². The van der Waals surface area contributed by atoms with Gasteiger partial charge in [-0.1, -0.05) is 12.1 Å². The standard InChI is InChI=1S/C16H23NO5/c1-4-17(20,13-9-5-6-10-14(13)21-2)15(18)11-7-8-12-16(19)22-3/h5-6,9-10H,4,7-8,11-12H2,1-3H3. The minimum atomic E-state index is -1.05. The molecule has 0 N–H and O–H groups in total. The molecule has 0 saturated carbocycles. The maximum absolute atomic E-state index is 13.0. The molecule has 0 fully saturated rings. The molecule has 1 unspecified atom stereocenters. The molecule has 1 aromatic rings. The number of carbonyl (C=O) groups excluding carboxylic acids is 2. The highest BCUT2D eigenvalue weighted by Crippen LogP contribution is 2.33. The summed E-state index contributed by atoms with van der Waals surface area (Å²) in [5.41, 5.74) is 0.311. The number of hydrogen-bond acceptors (Lipinski definition) is 5. The molecule has 0 heterocycles. The number of hydroxylamine groups is 2. The molecule has 1 rings (SSSR count). The van der Waals surface area contributed by atoms with Crippen LogP contribution in [0.3, 0.4) is 0 Å². The van der Waals surface area contributed by atoms with Crippen molar-refractivity contribution in [1.82, 2.24) is 4.65 Å². The van der Waals surface area contributed by atoms with Gasteiger partial charge in [-0.05, 0) is 25.8 Å². The summed E-state index contributed by atoms with van der Waals surface area (Å²) in [6.07, 6.45) is 1.37. The number of carbonyl (C=O) groups is 2. The van der Waals surface area contributed by atoms with Crippen molar-refractivity contribution in [2.45, 2.75) is 32.6 Å². The Bertz CT molecular complexity index is 517. The highest BCUT2D eigenvalue weighted by atomic mass is 16.6. The Labute approximate surface area is 130 Å². The lowest BCUT2D eigenvalue weighted by Gasteiger charge is -2.38. The lowest BCUT2D eigenvalue weighted by molar-refractivity contribution is -0.141. The van der Waals surface area contributed by atoms with Gasteiger partial charge in [0.05, 0.1) is 27.2 Å². The molecule has 0 aliphatic rings. The van der Waals surface area contributed by atoms with E-state index in [0.717, 1.165) is 0 Å². The van der Waals surface area contributed by atoms with E-state index < -0.39 is 10.6 Å². The monoisotopic (exact) mass is 309 g/mol. The van der Waals surface area contributed by atoms with Crippen LogP contribution in [0.1, 0.15) is 32.6 Å². The number of nitrogens with zero attached hydrogens (tertiary/aromatic N) is 1. The molecular weight excluding hydrogens is 286 g/mol. The number of benzene rings is 1. The Hall–Kier alpha value is -1.92. The summed E-state index contributed by atoms with van der Waals surface area (Å²) in [5, 5.41) is 13.0. The van der Waals surface area contributed by atoms with Gasteiger partial charge in [0.25, 0.3) is 0 Å². The van der Waals surface area contributed by atoms with E-state index in [4.69, 9.17) is 4.74 Å². The second kappa shape index (κ2) is 8.51. The molecule has 1 aromatic carbocycles. The molecule has 0 spiro atoms. The van der Waals surface area contributed by atoms with Crippen molar-refractivity contribution in [3.63, 3.8) is 0 Å². The Balaban J connectivity index is 2.76. The number of amides is 1. The molecule has 0 saturated heterocycles. The Morgan fingerprint density at radius 1 is 1.14 bits per heavy atom. The van der Waals surface area contributed by atoms with Gasteiger partial charge in [0.1, 0.15) is 0 Å². The van der Waals surface area contributed by atoms with E-state index in [1.807, 2.05) is 0 Å². The minimum Gasteiger partial charge on any atom is -0.620 e. The molecule has 0 radical (unpaired) electrons. The number of esters is 1. The van der Waals surface area contributed by atoms with Crippen LogP contribution < -0.4 is 9.38 Å². The van der Waals surface area contributed by atoms with Gasteiger partial charge in [-0.15, -0.1) is 0 Å². The number of para-hydroxylation sites is 2. The van der Waals surface area contributed by atoms with Crippen LogP contribution in [0.25, 0.3) is 0 Å². The molecule has 0 aliphatic heterocycles. The van der Waals surface area contributed by atoms with Crippen molar-refractivity contribution in [2.75, 3.05) is 20.8 Å². The first-order valence-electron chi connectivity index (χ1n) is 7.32. The average Bonchev–Trinajstić information content (AvgIpc) is 2.57. The number of ether oxygens (including phenoxy) is 2. The SMILES string of the molecule is CC[N+]([O-])(C(=O)CCCCC(=O)OC)c1ccccc1OC. The van der Waals surface area contributed by atoms with Crippen molar-refractivity contribution < 1.29 is 19.1 Å². The summed E-state index contributed by atoms with van der Waals surface area (Å²) in [6.45, 7) is 1.77. The first-order chi connectivity index (χ1) is 10.5. The third-order valence-corrected chi connectivity index (χ3v) is 3.57. The fraction of sp³-hybridized carbons (Fsp3) is 0.500. The molecule has 122 valence electrons. The topological polar surface area (TPSA) is 75.7 Å². The van der Waals surface area contributed by atoms with Gasteiger partial charge in [-0.2, -0.15) is 0 Å². The van der Waals surface area contributed by atoms with Crippen LogP contribution in [-0.4, -0.2) is 32.6 Å². The zero-order valence-electron chi connectivity index (χ0n) is 13.3. The van der Waals surface area contributed by atoms with Gasteiger partial charge < -0.3 is 14.7 Å². The highest BCUT2D eigenvalue weighted by Gasteiger charge is 2.30. The number of methoxy groups -OCH3 is 2. The summed E-state index contributed by atoms with van der Waals surface area (Å²) >= 11 is 0. The van der Waals surface area contributed by atoms with Gasteiger partial charge >= 0.3 is 11.9 Å². The summed E-state index contributed by atoms with van der Waals surface area (Å²) in [7, 11) is 2.80. The zero-order chi connectivity index (χ0) is 16.6. The molecular formula is C16H23NO5. The predicted octanol–water partition coefficient (Wildman–Crippen LogP) is 2.78.